The third-order valence-electron chi connectivity index (χ3n) is 3.92. The molecule has 0 saturated carbocycles. The summed E-state index contributed by atoms with van der Waals surface area (Å²) in [6.07, 6.45) is 4.81. The molecule has 8 nitrogen and oxygen atoms in total. The molecule has 0 bridgehead atoms. The largest absolute Gasteiger partial charge is 0.486 e. The van der Waals surface area contributed by atoms with E-state index in [2.05, 4.69) is 25.6 Å². The normalized spacial score (nSPS) is 12.3. The number of rotatable bonds is 5. The zero-order valence-electron chi connectivity index (χ0n) is 14.4. The van der Waals surface area contributed by atoms with Crippen LogP contribution in [0.1, 0.15) is 16.1 Å². The van der Waals surface area contributed by atoms with E-state index in [9.17, 15) is 4.79 Å². The van der Waals surface area contributed by atoms with E-state index >= 15 is 0 Å². The first-order valence-electron chi connectivity index (χ1n) is 8.44. The Balaban J connectivity index is 1.43. The summed E-state index contributed by atoms with van der Waals surface area (Å²) in [7, 11) is 0. The molecule has 8 heteroatoms. The molecule has 2 aromatic heterocycles. The van der Waals surface area contributed by atoms with Gasteiger partial charge in [0.15, 0.2) is 11.5 Å². The Kier molecular flexibility index (Phi) is 4.78. The molecule has 1 aromatic carbocycles. The van der Waals surface area contributed by atoms with Gasteiger partial charge >= 0.3 is 0 Å². The van der Waals surface area contributed by atoms with E-state index in [4.69, 9.17) is 9.47 Å². The van der Waals surface area contributed by atoms with Crippen LogP contribution >= 0.6 is 0 Å². The van der Waals surface area contributed by atoms with Crippen LogP contribution in [0.5, 0.6) is 11.5 Å². The zero-order chi connectivity index (χ0) is 18.5. The number of hydrogen-bond acceptors (Lipinski definition) is 7. The minimum Gasteiger partial charge on any atom is -0.486 e. The second kappa shape index (κ2) is 7.69. The highest BCUT2D eigenvalue weighted by atomic mass is 16.6. The molecule has 136 valence electrons. The number of pyridine rings is 1. The first-order valence-corrected chi connectivity index (χ1v) is 8.44. The van der Waals surface area contributed by atoms with E-state index in [0.29, 0.717) is 42.8 Å². The third-order valence-corrected chi connectivity index (χ3v) is 3.92. The molecule has 27 heavy (non-hydrogen) atoms. The minimum atomic E-state index is -0.332. The second-order valence-corrected chi connectivity index (χ2v) is 5.81. The van der Waals surface area contributed by atoms with Gasteiger partial charge in [-0.25, -0.2) is 9.97 Å². The Morgan fingerprint density at radius 3 is 2.67 bits per heavy atom. The number of carbonyl (C=O) groups excluding carboxylic acids is 1. The number of ether oxygens (including phenoxy) is 2. The van der Waals surface area contributed by atoms with Crippen LogP contribution in [0.4, 0.5) is 11.5 Å². The molecule has 0 atom stereocenters. The summed E-state index contributed by atoms with van der Waals surface area (Å²) in [5.74, 6) is 1.51. The Morgan fingerprint density at radius 2 is 1.81 bits per heavy atom. The monoisotopic (exact) mass is 363 g/mol. The van der Waals surface area contributed by atoms with Crippen molar-refractivity contribution in [3.05, 3.63) is 66.4 Å². The topological polar surface area (TPSA) is 98.3 Å². The number of nitrogens with one attached hydrogen (secondary N) is 2. The van der Waals surface area contributed by atoms with Crippen LogP contribution in [-0.4, -0.2) is 34.1 Å². The number of aromatic nitrogens is 3. The SMILES string of the molecule is O=C(Nc1ccc2c(c1)OCCO2)c1cc(NCc2ccncc2)ncn1. The van der Waals surface area contributed by atoms with Gasteiger partial charge in [0.1, 0.15) is 31.1 Å². The van der Waals surface area contributed by atoms with E-state index < -0.39 is 0 Å². The maximum absolute atomic E-state index is 12.5. The number of carbonyl (C=O) groups is 1. The van der Waals surface area contributed by atoms with Crippen LogP contribution in [0.15, 0.2) is 55.1 Å². The molecule has 3 heterocycles. The lowest BCUT2D eigenvalue weighted by atomic mass is 10.2. The lowest BCUT2D eigenvalue weighted by molar-refractivity contribution is 0.102. The van der Waals surface area contributed by atoms with Crippen LogP contribution < -0.4 is 20.1 Å². The lowest BCUT2D eigenvalue weighted by Gasteiger charge is -2.19. The second-order valence-electron chi connectivity index (χ2n) is 5.81. The van der Waals surface area contributed by atoms with E-state index in [1.807, 2.05) is 12.1 Å². The Morgan fingerprint density at radius 1 is 1.00 bits per heavy atom. The minimum absolute atomic E-state index is 0.261. The molecule has 4 rings (SSSR count). The Labute approximate surface area is 155 Å². The average Bonchev–Trinajstić information content (AvgIpc) is 2.73. The summed E-state index contributed by atoms with van der Waals surface area (Å²) in [5.41, 5.74) is 1.93. The van der Waals surface area contributed by atoms with E-state index in [-0.39, 0.29) is 11.6 Å². The lowest BCUT2D eigenvalue weighted by Crippen LogP contribution is -2.17. The molecule has 0 fully saturated rings. The molecule has 0 radical (unpaired) electrons. The van der Waals surface area contributed by atoms with E-state index in [0.717, 1.165) is 5.56 Å². The molecule has 2 N–H and O–H groups in total. The maximum atomic E-state index is 12.5. The van der Waals surface area contributed by atoms with Crippen LogP contribution in [0.3, 0.4) is 0 Å². The van der Waals surface area contributed by atoms with E-state index in [1.54, 1.807) is 36.7 Å². The van der Waals surface area contributed by atoms with Gasteiger partial charge in [-0.2, -0.15) is 0 Å². The number of nitrogens with zero attached hydrogens (tertiary/aromatic N) is 3. The number of amides is 1. The highest BCUT2D eigenvalue weighted by Gasteiger charge is 2.14. The molecule has 0 aliphatic carbocycles. The molecular weight excluding hydrogens is 346 g/mol. The third kappa shape index (κ3) is 4.12. The summed E-state index contributed by atoms with van der Waals surface area (Å²) < 4.78 is 11.0. The van der Waals surface area contributed by atoms with Crippen LogP contribution in [0.25, 0.3) is 0 Å². The van der Waals surface area contributed by atoms with Gasteiger partial charge in [-0.05, 0) is 29.8 Å². The predicted molar refractivity (Wildman–Crippen MR) is 99.0 cm³/mol. The average molecular weight is 363 g/mol. The first kappa shape index (κ1) is 16.8. The van der Waals surface area contributed by atoms with Crippen molar-refractivity contribution in [1.29, 1.82) is 0 Å². The summed E-state index contributed by atoms with van der Waals surface area (Å²) in [6.45, 7) is 1.58. The molecule has 1 aliphatic rings. The summed E-state index contributed by atoms with van der Waals surface area (Å²) in [6, 6.07) is 10.7. The molecular formula is C19H17N5O3. The van der Waals surface area contributed by atoms with Gasteiger partial charge < -0.3 is 20.1 Å². The van der Waals surface area contributed by atoms with Crippen LogP contribution in [0, 0.1) is 0 Å². The fourth-order valence-corrected chi connectivity index (χ4v) is 2.59. The van der Waals surface area contributed by atoms with Gasteiger partial charge in [0, 0.05) is 36.8 Å². The number of benzene rings is 1. The number of fused-ring (bicyclic) bond motifs is 1. The van der Waals surface area contributed by atoms with Crippen molar-refractivity contribution >= 4 is 17.4 Å². The van der Waals surface area contributed by atoms with Crippen molar-refractivity contribution in [3.8, 4) is 11.5 Å². The molecule has 1 amide bonds. The standard InChI is InChI=1S/C19H17N5O3/c25-19(24-14-1-2-16-17(9-14)27-8-7-26-16)15-10-18(23-12-22-15)21-11-13-3-5-20-6-4-13/h1-6,9-10,12H,7-8,11H2,(H,24,25)(H,21,22,23). The Hall–Kier alpha value is -3.68. The quantitative estimate of drug-likeness (QED) is 0.719. The van der Waals surface area contributed by atoms with Crippen molar-refractivity contribution in [3.63, 3.8) is 0 Å². The first-order chi connectivity index (χ1) is 13.3. The van der Waals surface area contributed by atoms with Crippen molar-refractivity contribution in [1.82, 2.24) is 15.0 Å². The van der Waals surface area contributed by atoms with Gasteiger partial charge in [0.05, 0.1) is 0 Å². The summed E-state index contributed by atoms with van der Waals surface area (Å²) >= 11 is 0. The van der Waals surface area contributed by atoms with Gasteiger partial charge in [0.2, 0.25) is 0 Å². The van der Waals surface area contributed by atoms with Crippen molar-refractivity contribution in [2.24, 2.45) is 0 Å². The van der Waals surface area contributed by atoms with Gasteiger partial charge in [-0.15, -0.1) is 0 Å². The predicted octanol–water partition coefficient (Wildman–Crippen LogP) is 2.51. The molecule has 0 spiro atoms. The number of hydrogen-bond donors (Lipinski definition) is 2. The Bertz CT molecular complexity index is 949. The highest BCUT2D eigenvalue weighted by Crippen LogP contribution is 2.32. The van der Waals surface area contributed by atoms with Gasteiger partial charge in [0.25, 0.3) is 5.91 Å². The molecule has 3 aromatic rings. The van der Waals surface area contributed by atoms with Crippen molar-refractivity contribution in [2.45, 2.75) is 6.54 Å². The maximum Gasteiger partial charge on any atom is 0.274 e. The fraction of sp³-hybridized carbons (Fsp3) is 0.158. The van der Waals surface area contributed by atoms with Crippen LogP contribution in [0.2, 0.25) is 0 Å². The zero-order valence-corrected chi connectivity index (χ0v) is 14.4. The highest BCUT2D eigenvalue weighted by molar-refractivity contribution is 6.03. The molecule has 1 aliphatic heterocycles. The van der Waals surface area contributed by atoms with Crippen LogP contribution in [-0.2, 0) is 6.54 Å². The summed E-state index contributed by atoms with van der Waals surface area (Å²) in [4.78, 5) is 24.7. The fourth-order valence-electron chi connectivity index (χ4n) is 2.59. The summed E-state index contributed by atoms with van der Waals surface area (Å²) in [5, 5.41) is 5.97. The van der Waals surface area contributed by atoms with E-state index in [1.165, 1.54) is 6.33 Å². The number of anilines is 2. The van der Waals surface area contributed by atoms with Crippen molar-refractivity contribution < 1.29 is 14.3 Å². The van der Waals surface area contributed by atoms with Gasteiger partial charge in [-0.3, -0.25) is 9.78 Å². The van der Waals surface area contributed by atoms with Gasteiger partial charge in [-0.1, -0.05) is 0 Å². The molecule has 0 unspecified atom stereocenters. The van der Waals surface area contributed by atoms with Crippen molar-refractivity contribution in [2.75, 3.05) is 23.8 Å². The molecule has 0 saturated heterocycles. The smallest absolute Gasteiger partial charge is 0.274 e.